The first-order valence-corrected chi connectivity index (χ1v) is 6.69. The van der Waals surface area contributed by atoms with Crippen LogP contribution in [0.15, 0.2) is 48.5 Å². The zero-order valence-corrected chi connectivity index (χ0v) is 11.0. The van der Waals surface area contributed by atoms with Crippen LogP contribution in [0.2, 0.25) is 0 Å². The molecule has 0 aliphatic heterocycles. The van der Waals surface area contributed by atoms with Gasteiger partial charge in [-0.3, -0.25) is 0 Å². The molecule has 1 N–H and O–H groups in total. The van der Waals surface area contributed by atoms with Crippen molar-refractivity contribution in [3.63, 3.8) is 0 Å². The molecule has 1 aliphatic carbocycles. The molecule has 0 bridgehead atoms. The first-order valence-electron chi connectivity index (χ1n) is 6.69. The van der Waals surface area contributed by atoms with Crippen LogP contribution in [0.4, 0.5) is 0 Å². The molecule has 1 fully saturated rings. The van der Waals surface area contributed by atoms with Crippen LogP contribution >= 0.6 is 0 Å². The Hall–Kier alpha value is -2.53. The van der Waals surface area contributed by atoms with Gasteiger partial charge in [0.05, 0.1) is 5.56 Å². The van der Waals surface area contributed by atoms with Crippen LogP contribution in [0.25, 0.3) is 0 Å². The number of carbonyl (C=O) groups is 1. The molecule has 0 unspecified atom stereocenters. The van der Waals surface area contributed by atoms with E-state index >= 15 is 0 Å². The average molecular weight is 262 g/mol. The standard InChI is InChI=1S/C18H14O2/c19-18(20)16-8-4-7-14(17(16)15-11-12-15)10-9-13-5-2-1-3-6-13/h1-8,15H,11-12H2,(H,19,20). The Morgan fingerprint density at radius 2 is 1.75 bits per heavy atom. The highest BCUT2D eigenvalue weighted by Gasteiger charge is 2.30. The zero-order chi connectivity index (χ0) is 13.9. The van der Waals surface area contributed by atoms with Crippen molar-refractivity contribution in [2.24, 2.45) is 0 Å². The van der Waals surface area contributed by atoms with Crippen LogP contribution in [0.1, 0.15) is 45.8 Å². The van der Waals surface area contributed by atoms with Gasteiger partial charge in [-0.1, -0.05) is 36.1 Å². The molecule has 2 heteroatoms. The summed E-state index contributed by atoms with van der Waals surface area (Å²) in [5.74, 6) is 5.74. The van der Waals surface area contributed by atoms with E-state index in [0.29, 0.717) is 11.5 Å². The summed E-state index contributed by atoms with van der Waals surface area (Å²) >= 11 is 0. The van der Waals surface area contributed by atoms with Gasteiger partial charge in [-0.15, -0.1) is 0 Å². The molecule has 3 rings (SSSR count). The molecule has 2 aromatic rings. The minimum atomic E-state index is -0.865. The Morgan fingerprint density at radius 3 is 2.40 bits per heavy atom. The number of hydrogen-bond acceptors (Lipinski definition) is 1. The summed E-state index contributed by atoms with van der Waals surface area (Å²) < 4.78 is 0. The first-order chi connectivity index (χ1) is 9.75. The fourth-order valence-electron chi connectivity index (χ4n) is 2.33. The minimum absolute atomic E-state index is 0.363. The third kappa shape index (κ3) is 2.57. The van der Waals surface area contributed by atoms with Gasteiger partial charge in [0.2, 0.25) is 0 Å². The van der Waals surface area contributed by atoms with Gasteiger partial charge in [0.15, 0.2) is 0 Å². The fourth-order valence-corrected chi connectivity index (χ4v) is 2.33. The van der Waals surface area contributed by atoms with Gasteiger partial charge in [0, 0.05) is 11.1 Å². The summed E-state index contributed by atoms with van der Waals surface area (Å²) in [4.78, 5) is 11.3. The number of carboxylic acids is 1. The van der Waals surface area contributed by atoms with E-state index in [9.17, 15) is 9.90 Å². The fraction of sp³-hybridized carbons (Fsp3) is 0.167. The van der Waals surface area contributed by atoms with Crippen molar-refractivity contribution in [2.75, 3.05) is 0 Å². The monoisotopic (exact) mass is 262 g/mol. The predicted octanol–water partition coefficient (Wildman–Crippen LogP) is 3.66. The molecule has 1 aliphatic rings. The molecule has 2 nitrogen and oxygen atoms in total. The quantitative estimate of drug-likeness (QED) is 0.838. The summed E-state index contributed by atoms with van der Waals surface area (Å²) in [6, 6.07) is 15.1. The molecule has 0 heterocycles. The summed E-state index contributed by atoms with van der Waals surface area (Å²) in [7, 11) is 0. The Labute approximate surface area is 118 Å². The molecule has 0 aromatic heterocycles. The minimum Gasteiger partial charge on any atom is -0.478 e. The molecular weight excluding hydrogens is 248 g/mol. The second-order valence-electron chi connectivity index (χ2n) is 4.96. The Kier molecular flexibility index (Phi) is 3.26. The zero-order valence-electron chi connectivity index (χ0n) is 11.0. The maximum atomic E-state index is 11.3. The van der Waals surface area contributed by atoms with Gasteiger partial charge in [0.1, 0.15) is 0 Å². The lowest BCUT2D eigenvalue weighted by atomic mass is 9.97. The molecule has 0 radical (unpaired) electrons. The van der Waals surface area contributed by atoms with Gasteiger partial charge in [0.25, 0.3) is 0 Å². The number of aromatic carboxylic acids is 1. The number of carboxylic acid groups (broad SMARTS) is 1. The highest BCUT2D eigenvalue weighted by Crippen LogP contribution is 2.43. The first kappa shape index (κ1) is 12.5. The lowest BCUT2D eigenvalue weighted by molar-refractivity contribution is 0.0695. The lowest BCUT2D eigenvalue weighted by Gasteiger charge is -2.07. The number of benzene rings is 2. The smallest absolute Gasteiger partial charge is 0.336 e. The average Bonchev–Trinajstić information content (AvgIpc) is 3.30. The topological polar surface area (TPSA) is 37.3 Å². The Balaban J connectivity index is 2.04. The molecule has 1 saturated carbocycles. The van der Waals surface area contributed by atoms with Gasteiger partial charge in [-0.25, -0.2) is 4.79 Å². The molecule has 0 amide bonds. The molecular formula is C18H14O2. The third-order valence-electron chi connectivity index (χ3n) is 3.44. The van der Waals surface area contributed by atoms with Crippen LogP contribution in [0.5, 0.6) is 0 Å². The highest BCUT2D eigenvalue weighted by molar-refractivity contribution is 5.90. The van der Waals surface area contributed by atoms with Crippen LogP contribution in [-0.4, -0.2) is 11.1 Å². The van der Waals surface area contributed by atoms with Crippen molar-refractivity contribution in [1.29, 1.82) is 0 Å². The van der Waals surface area contributed by atoms with Gasteiger partial charge in [-0.2, -0.15) is 0 Å². The van der Waals surface area contributed by atoms with Crippen molar-refractivity contribution in [3.8, 4) is 11.8 Å². The normalized spacial score (nSPS) is 13.4. The van der Waals surface area contributed by atoms with Gasteiger partial charge >= 0.3 is 5.97 Å². The Morgan fingerprint density at radius 1 is 1.00 bits per heavy atom. The van der Waals surface area contributed by atoms with Crippen molar-refractivity contribution in [3.05, 3.63) is 70.8 Å². The molecule has 0 spiro atoms. The SMILES string of the molecule is O=C(O)c1cccc(C#Cc2ccccc2)c1C1CC1. The van der Waals surface area contributed by atoms with E-state index in [1.165, 1.54) is 0 Å². The largest absolute Gasteiger partial charge is 0.478 e. The molecule has 2 aromatic carbocycles. The molecule has 0 saturated heterocycles. The van der Waals surface area contributed by atoms with Crippen LogP contribution in [-0.2, 0) is 0 Å². The van der Waals surface area contributed by atoms with E-state index in [1.807, 2.05) is 36.4 Å². The third-order valence-corrected chi connectivity index (χ3v) is 3.44. The van der Waals surface area contributed by atoms with E-state index in [4.69, 9.17) is 0 Å². The van der Waals surface area contributed by atoms with Crippen molar-refractivity contribution >= 4 is 5.97 Å². The predicted molar refractivity (Wildman–Crippen MR) is 77.8 cm³/mol. The molecule has 0 atom stereocenters. The van der Waals surface area contributed by atoms with Crippen LogP contribution in [0.3, 0.4) is 0 Å². The second kappa shape index (κ2) is 5.22. The van der Waals surface area contributed by atoms with Gasteiger partial charge < -0.3 is 5.11 Å². The van der Waals surface area contributed by atoms with Crippen LogP contribution in [0, 0.1) is 11.8 Å². The van der Waals surface area contributed by atoms with E-state index in [0.717, 1.165) is 29.5 Å². The van der Waals surface area contributed by atoms with Crippen molar-refractivity contribution in [1.82, 2.24) is 0 Å². The van der Waals surface area contributed by atoms with E-state index in [2.05, 4.69) is 11.8 Å². The number of rotatable bonds is 2. The summed E-state index contributed by atoms with van der Waals surface area (Å²) in [6.45, 7) is 0. The van der Waals surface area contributed by atoms with E-state index in [1.54, 1.807) is 12.1 Å². The maximum absolute atomic E-state index is 11.3. The lowest BCUT2D eigenvalue weighted by Crippen LogP contribution is -2.03. The van der Waals surface area contributed by atoms with Crippen LogP contribution < -0.4 is 0 Å². The Bertz CT molecular complexity index is 701. The maximum Gasteiger partial charge on any atom is 0.336 e. The van der Waals surface area contributed by atoms with E-state index < -0.39 is 5.97 Å². The van der Waals surface area contributed by atoms with E-state index in [-0.39, 0.29) is 0 Å². The highest BCUT2D eigenvalue weighted by atomic mass is 16.4. The summed E-state index contributed by atoms with van der Waals surface area (Å²) in [5.41, 5.74) is 3.09. The van der Waals surface area contributed by atoms with Gasteiger partial charge in [-0.05, 0) is 48.6 Å². The molecule has 20 heavy (non-hydrogen) atoms. The molecule has 98 valence electrons. The second-order valence-corrected chi connectivity index (χ2v) is 4.96. The summed E-state index contributed by atoms with van der Waals surface area (Å²) in [5, 5.41) is 9.30. The van der Waals surface area contributed by atoms with Crippen molar-refractivity contribution < 1.29 is 9.90 Å². The summed E-state index contributed by atoms with van der Waals surface area (Å²) in [6.07, 6.45) is 2.12. The number of hydrogen-bond donors (Lipinski definition) is 1. The van der Waals surface area contributed by atoms with Crippen molar-refractivity contribution in [2.45, 2.75) is 18.8 Å².